The van der Waals surface area contributed by atoms with Gasteiger partial charge in [-0.15, -0.1) is 0 Å². The fraction of sp³-hybridized carbons (Fsp3) is 0.364. The third-order valence-electron chi connectivity index (χ3n) is 2.39. The molecule has 5 heteroatoms. The Morgan fingerprint density at radius 1 is 1.56 bits per heavy atom. The van der Waals surface area contributed by atoms with Crippen molar-refractivity contribution in [2.45, 2.75) is 19.6 Å². The van der Waals surface area contributed by atoms with Crippen LogP contribution in [0.1, 0.15) is 12.5 Å². The summed E-state index contributed by atoms with van der Waals surface area (Å²) < 4.78 is 5.45. The molecule has 1 aliphatic heterocycles. The second-order valence-corrected chi connectivity index (χ2v) is 3.90. The molecule has 1 aromatic carbocycles. The number of fused-ring (bicyclic) bond motifs is 1. The molecular formula is C11H14N2O3. The molecule has 1 unspecified atom stereocenters. The fourth-order valence-corrected chi connectivity index (χ4v) is 1.61. The highest BCUT2D eigenvalue weighted by molar-refractivity contribution is 5.97. The molecular weight excluding hydrogens is 208 g/mol. The van der Waals surface area contributed by atoms with Crippen molar-refractivity contribution in [2.75, 3.05) is 12.4 Å². The van der Waals surface area contributed by atoms with E-state index >= 15 is 0 Å². The molecule has 2 rings (SSSR count). The Morgan fingerprint density at radius 2 is 2.31 bits per heavy atom. The van der Waals surface area contributed by atoms with Crippen molar-refractivity contribution in [1.29, 1.82) is 0 Å². The van der Waals surface area contributed by atoms with Gasteiger partial charge in [-0.25, -0.2) is 0 Å². The van der Waals surface area contributed by atoms with Gasteiger partial charge >= 0.3 is 0 Å². The lowest BCUT2D eigenvalue weighted by Gasteiger charge is -2.24. The van der Waals surface area contributed by atoms with Crippen molar-refractivity contribution >= 4 is 11.6 Å². The number of ether oxygens (including phenoxy) is 1. The number of rotatable bonds is 2. The summed E-state index contributed by atoms with van der Waals surface area (Å²) >= 11 is 0. The Hall–Kier alpha value is -1.59. The average molecular weight is 222 g/mol. The summed E-state index contributed by atoms with van der Waals surface area (Å²) in [6, 6.07) is 5.43. The van der Waals surface area contributed by atoms with Gasteiger partial charge in [-0.2, -0.15) is 5.06 Å². The molecule has 0 bridgehead atoms. The number of anilines is 1. The van der Waals surface area contributed by atoms with Crippen LogP contribution in [-0.4, -0.2) is 29.3 Å². The van der Waals surface area contributed by atoms with Crippen molar-refractivity contribution in [3.05, 3.63) is 23.8 Å². The smallest absolute Gasteiger partial charge is 0.265 e. The van der Waals surface area contributed by atoms with Gasteiger partial charge in [0.05, 0.1) is 5.69 Å². The zero-order chi connectivity index (χ0) is 11.7. The lowest BCUT2D eigenvalue weighted by atomic mass is 10.1. The van der Waals surface area contributed by atoms with Gasteiger partial charge in [0.15, 0.2) is 6.10 Å². The maximum atomic E-state index is 11.3. The molecule has 0 saturated carbocycles. The molecule has 1 atom stereocenters. The van der Waals surface area contributed by atoms with Crippen LogP contribution in [0.15, 0.2) is 18.2 Å². The second kappa shape index (κ2) is 4.11. The highest BCUT2D eigenvalue weighted by atomic mass is 16.5. The summed E-state index contributed by atoms with van der Waals surface area (Å²) in [5.41, 5.74) is 1.60. The maximum absolute atomic E-state index is 11.3. The lowest BCUT2D eigenvalue weighted by molar-refractivity contribution is -0.122. The summed E-state index contributed by atoms with van der Waals surface area (Å²) in [5.74, 6) is 0.506. The summed E-state index contributed by atoms with van der Waals surface area (Å²) in [4.78, 5) is 11.3. The number of hydrogen-bond donors (Lipinski definition) is 2. The van der Waals surface area contributed by atoms with Crippen LogP contribution >= 0.6 is 0 Å². The van der Waals surface area contributed by atoms with Gasteiger partial charge in [0.2, 0.25) is 0 Å². The molecule has 0 aliphatic carbocycles. The van der Waals surface area contributed by atoms with E-state index in [0.717, 1.165) is 10.6 Å². The normalized spacial score (nSPS) is 19.0. The van der Waals surface area contributed by atoms with Gasteiger partial charge in [-0.3, -0.25) is 4.79 Å². The van der Waals surface area contributed by atoms with Crippen LogP contribution in [0.4, 0.5) is 5.69 Å². The molecule has 16 heavy (non-hydrogen) atoms. The van der Waals surface area contributed by atoms with Crippen LogP contribution < -0.4 is 10.1 Å². The van der Waals surface area contributed by atoms with E-state index in [-0.39, 0.29) is 5.91 Å². The molecule has 1 amide bonds. The number of hydroxylamine groups is 2. The summed E-state index contributed by atoms with van der Waals surface area (Å²) in [6.07, 6.45) is -0.477. The van der Waals surface area contributed by atoms with E-state index in [1.807, 2.05) is 12.1 Å². The minimum atomic E-state index is -0.477. The molecule has 1 aliphatic rings. The molecule has 0 saturated heterocycles. The Labute approximate surface area is 93.6 Å². The summed E-state index contributed by atoms with van der Waals surface area (Å²) in [5, 5.41) is 13.0. The van der Waals surface area contributed by atoms with Crippen molar-refractivity contribution < 1.29 is 14.7 Å². The van der Waals surface area contributed by atoms with E-state index < -0.39 is 6.10 Å². The van der Waals surface area contributed by atoms with E-state index in [0.29, 0.717) is 18.0 Å². The summed E-state index contributed by atoms with van der Waals surface area (Å²) in [6.45, 7) is 2.11. The number of amides is 1. The third kappa shape index (κ3) is 2.15. The first-order valence-electron chi connectivity index (χ1n) is 5.07. The summed E-state index contributed by atoms with van der Waals surface area (Å²) in [7, 11) is 1.57. The molecule has 1 heterocycles. The monoisotopic (exact) mass is 222 g/mol. The van der Waals surface area contributed by atoms with E-state index in [4.69, 9.17) is 9.94 Å². The lowest BCUT2D eigenvalue weighted by Crippen LogP contribution is -2.34. The predicted octanol–water partition coefficient (Wildman–Crippen LogP) is 1.23. The van der Waals surface area contributed by atoms with Gasteiger partial charge in [-0.1, -0.05) is 6.07 Å². The van der Waals surface area contributed by atoms with Gasteiger partial charge < -0.3 is 15.3 Å². The largest absolute Gasteiger partial charge is 0.479 e. The topological polar surface area (TPSA) is 61.8 Å². The van der Waals surface area contributed by atoms with E-state index in [1.54, 1.807) is 20.0 Å². The minimum absolute atomic E-state index is 0.139. The SMILES string of the molecule is CC1Oc2cc(CN(C)O)ccc2NC1=O. The first-order chi connectivity index (χ1) is 7.56. The average Bonchev–Trinajstić information content (AvgIpc) is 2.19. The van der Waals surface area contributed by atoms with Crippen molar-refractivity contribution in [3.8, 4) is 5.75 Å². The van der Waals surface area contributed by atoms with Gasteiger partial charge in [0.1, 0.15) is 5.75 Å². The molecule has 0 aromatic heterocycles. The van der Waals surface area contributed by atoms with Crippen LogP contribution in [0.3, 0.4) is 0 Å². The maximum Gasteiger partial charge on any atom is 0.265 e. The number of carbonyl (C=O) groups is 1. The molecule has 2 N–H and O–H groups in total. The van der Waals surface area contributed by atoms with Crippen molar-refractivity contribution in [3.63, 3.8) is 0 Å². The fourth-order valence-electron chi connectivity index (χ4n) is 1.61. The Balaban J connectivity index is 2.25. The second-order valence-electron chi connectivity index (χ2n) is 3.90. The Morgan fingerprint density at radius 3 is 3.00 bits per heavy atom. The van der Waals surface area contributed by atoms with E-state index in [1.165, 1.54) is 0 Å². The quantitative estimate of drug-likeness (QED) is 0.739. The van der Waals surface area contributed by atoms with E-state index in [2.05, 4.69) is 5.32 Å². The molecule has 1 aromatic rings. The third-order valence-corrected chi connectivity index (χ3v) is 2.39. The number of hydrogen-bond acceptors (Lipinski definition) is 4. The van der Waals surface area contributed by atoms with Crippen LogP contribution in [0.2, 0.25) is 0 Å². The number of nitrogens with one attached hydrogen (secondary N) is 1. The van der Waals surface area contributed by atoms with Crippen LogP contribution in [0.5, 0.6) is 5.75 Å². The van der Waals surface area contributed by atoms with Gasteiger partial charge in [0.25, 0.3) is 5.91 Å². The number of carbonyl (C=O) groups excluding carboxylic acids is 1. The molecule has 5 nitrogen and oxygen atoms in total. The molecule has 0 fully saturated rings. The van der Waals surface area contributed by atoms with Crippen molar-refractivity contribution in [1.82, 2.24) is 5.06 Å². The molecule has 0 spiro atoms. The molecule has 0 radical (unpaired) electrons. The minimum Gasteiger partial charge on any atom is -0.479 e. The zero-order valence-electron chi connectivity index (χ0n) is 9.23. The van der Waals surface area contributed by atoms with Crippen molar-refractivity contribution in [2.24, 2.45) is 0 Å². The van der Waals surface area contributed by atoms with E-state index in [9.17, 15) is 4.79 Å². The first kappa shape index (κ1) is 10.9. The number of nitrogens with zero attached hydrogens (tertiary/aromatic N) is 1. The highest BCUT2D eigenvalue weighted by Crippen LogP contribution is 2.30. The first-order valence-corrected chi connectivity index (χ1v) is 5.07. The highest BCUT2D eigenvalue weighted by Gasteiger charge is 2.23. The Bertz CT molecular complexity index is 418. The van der Waals surface area contributed by atoms with Gasteiger partial charge in [-0.05, 0) is 24.6 Å². The number of benzene rings is 1. The predicted molar refractivity (Wildman–Crippen MR) is 58.4 cm³/mol. The molecule has 86 valence electrons. The Kier molecular flexibility index (Phi) is 2.80. The van der Waals surface area contributed by atoms with Crippen LogP contribution in [0.25, 0.3) is 0 Å². The standard InChI is InChI=1S/C11H14N2O3/c1-7-11(14)12-9-4-3-8(6-13(2)15)5-10(9)16-7/h3-5,7,15H,6H2,1-2H3,(H,12,14). The van der Waals surface area contributed by atoms with Crippen LogP contribution in [0, 0.1) is 0 Å². The van der Waals surface area contributed by atoms with Crippen LogP contribution in [-0.2, 0) is 11.3 Å². The van der Waals surface area contributed by atoms with Gasteiger partial charge in [0, 0.05) is 13.6 Å². The zero-order valence-corrected chi connectivity index (χ0v) is 9.23.